The maximum Gasteiger partial charge on any atom is 0.416 e. The molecule has 0 saturated carbocycles. The Hall–Kier alpha value is -3.39. The van der Waals surface area contributed by atoms with E-state index in [1.807, 2.05) is 0 Å². The second-order valence-electron chi connectivity index (χ2n) is 8.37. The van der Waals surface area contributed by atoms with E-state index in [4.69, 9.17) is 9.47 Å². The number of amides is 1. The van der Waals surface area contributed by atoms with E-state index in [9.17, 15) is 18.0 Å². The van der Waals surface area contributed by atoms with Crippen LogP contribution in [0.3, 0.4) is 0 Å². The van der Waals surface area contributed by atoms with Crippen molar-refractivity contribution in [2.75, 3.05) is 27.8 Å². The number of nitrogens with zero attached hydrogens (tertiary/aromatic N) is 2. The topological polar surface area (TPSA) is 48.4 Å². The molecule has 0 radical (unpaired) electrons. The van der Waals surface area contributed by atoms with Crippen molar-refractivity contribution in [2.45, 2.75) is 18.1 Å². The van der Waals surface area contributed by atoms with Crippen molar-refractivity contribution in [1.82, 2.24) is 4.98 Å². The number of fused-ring (bicyclic) bond motifs is 1. The van der Waals surface area contributed by atoms with Crippen LogP contribution in [0, 0.1) is 0 Å². The first-order valence-electron chi connectivity index (χ1n) is 10.4. The van der Waals surface area contributed by atoms with Crippen LogP contribution in [0.2, 0.25) is 0 Å². The summed E-state index contributed by atoms with van der Waals surface area (Å²) in [5.41, 5.74) is -0.276. The molecule has 2 heterocycles. The Morgan fingerprint density at radius 2 is 1.73 bits per heavy atom. The third kappa shape index (κ3) is 3.74. The monoisotopic (exact) mass is 457 g/mol. The van der Waals surface area contributed by atoms with Crippen molar-refractivity contribution in [3.8, 4) is 11.5 Å². The van der Waals surface area contributed by atoms with Gasteiger partial charge in [0.05, 0.1) is 38.9 Å². The molecule has 1 aliphatic heterocycles. The lowest BCUT2D eigenvalue weighted by molar-refractivity contribution is -0.867. The highest BCUT2D eigenvalue weighted by molar-refractivity contribution is 5.89. The van der Waals surface area contributed by atoms with Gasteiger partial charge in [-0.3, -0.25) is 4.98 Å². The Balaban J connectivity index is 1.91. The third-order valence-electron chi connectivity index (χ3n) is 6.37. The molecule has 0 saturated heterocycles. The summed E-state index contributed by atoms with van der Waals surface area (Å²) in [7, 11) is 5.06. The third-order valence-corrected chi connectivity index (χ3v) is 6.37. The van der Waals surface area contributed by atoms with Crippen molar-refractivity contribution in [3.63, 3.8) is 0 Å². The van der Waals surface area contributed by atoms with Gasteiger partial charge in [-0.1, -0.05) is 12.1 Å². The lowest BCUT2D eigenvalue weighted by atomic mass is 9.77. The molecule has 0 spiro atoms. The SMILES string of the molecule is COc1ccc(C(=O)[N+](C)(C)[C@]2(c3ccc(C(F)(F)F)cc3)CCOc3cccnc32)cc1. The quantitative estimate of drug-likeness (QED) is 0.515. The van der Waals surface area contributed by atoms with E-state index in [0.29, 0.717) is 34.7 Å². The Bertz CT molecular complexity index is 1160. The van der Waals surface area contributed by atoms with E-state index in [0.717, 1.165) is 12.1 Å². The molecule has 0 aliphatic carbocycles. The molecule has 2 aromatic carbocycles. The molecule has 172 valence electrons. The number of quaternary nitrogens is 1. The molecule has 1 amide bonds. The van der Waals surface area contributed by atoms with E-state index in [1.54, 1.807) is 63.8 Å². The van der Waals surface area contributed by atoms with Crippen LogP contribution in [0.5, 0.6) is 11.5 Å². The average Bonchev–Trinajstić information content (AvgIpc) is 2.82. The van der Waals surface area contributed by atoms with Crippen LogP contribution in [-0.2, 0) is 11.7 Å². The van der Waals surface area contributed by atoms with Gasteiger partial charge in [0.25, 0.3) is 0 Å². The Morgan fingerprint density at radius 1 is 1.06 bits per heavy atom. The molecule has 1 atom stereocenters. The van der Waals surface area contributed by atoms with E-state index in [-0.39, 0.29) is 17.0 Å². The smallest absolute Gasteiger partial charge is 0.416 e. The number of ether oxygens (including phenoxy) is 2. The van der Waals surface area contributed by atoms with Crippen molar-refractivity contribution < 1.29 is 31.9 Å². The Labute approximate surface area is 190 Å². The summed E-state index contributed by atoms with van der Waals surface area (Å²) in [6, 6.07) is 15.2. The maximum atomic E-state index is 13.9. The number of hydrogen-bond donors (Lipinski definition) is 0. The summed E-state index contributed by atoms with van der Waals surface area (Å²) in [5.74, 6) is 0.917. The zero-order chi connectivity index (χ0) is 23.9. The summed E-state index contributed by atoms with van der Waals surface area (Å²) in [4.78, 5) is 18.4. The fourth-order valence-electron chi connectivity index (χ4n) is 4.56. The van der Waals surface area contributed by atoms with Gasteiger partial charge < -0.3 is 9.47 Å². The first-order chi connectivity index (χ1) is 15.6. The second kappa shape index (κ2) is 8.19. The van der Waals surface area contributed by atoms with Crippen LogP contribution in [0.1, 0.15) is 33.6 Å². The minimum atomic E-state index is -4.46. The number of methoxy groups -OCH3 is 1. The van der Waals surface area contributed by atoms with Crippen molar-refractivity contribution in [3.05, 3.63) is 89.2 Å². The van der Waals surface area contributed by atoms with E-state index in [1.165, 1.54) is 12.1 Å². The number of rotatable bonds is 4. The number of pyridine rings is 1. The first-order valence-corrected chi connectivity index (χ1v) is 10.4. The molecule has 0 unspecified atom stereocenters. The molecule has 1 aromatic heterocycles. The van der Waals surface area contributed by atoms with Gasteiger partial charge in [0.15, 0.2) is 5.54 Å². The van der Waals surface area contributed by atoms with Crippen LogP contribution in [-0.4, -0.2) is 43.2 Å². The molecule has 3 aromatic rings. The largest absolute Gasteiger partial charge is 0.497 e. The highest BCUT2D eigenvalue weighted by Gasteiger charge is 2.57. The average molecular weight is 457 g/mol. The molecule has 8 heteroatoms. The molecule has 4 rings (SSSR count). The standard InChI is InChI=1S/C25H24F3N2O3/c1-30(2,23(31)17-6-12-20(32-3)13-7-17)24(14-16-33-21-5-4-15-29-22(21)24)18-8-10-19(11-9-18)25(26,27)28/h4-13,15H,14,16H2,1-3H3/q+1/t24-/m0/s1. The normalized spacial score (nSPS) is 18.2. The predicted molar refractivity (Wildman–Crippen MR) is 116 cm³/mol. The molecular weight excluding hydrogens is 433 g/mol. The fraction of sp³-hybridized carbons (Fsp3) is 0.280. The summed E-state index contributed by atoms with van der Waals surface area (Å²) in [6.45, 7) is 0.289. The molecule has 33 heavy (non-hydrogen) atoms. The summed E-state index contributed by atoms with van der Waals surface area (Å²) >= 11 is 0. The van der Waals surface area contributed by atoms with Crippen molar-refractivity contribution >= 4 is 5.91 Å². The van der Waals surface area contributed by atoms with Gasteiger partial charge in [0.2, 0.25) is 0 Å². The van der Waals surface area contributed by atoms with Gasteiger partial charge in [-0.05, 0) is 48.5 Å². The number of halogens is 3. The van der Waals surface area contributed by atoms with Crippen molar-refractivity contribution in [1.29, 1.82) is 0 Å². The van der Waals surface area contributed by atoms with Crippen LogP contribution < -0.4 is 9.47 Å². The van der Waals surface area contributed by atoms with Gasteiger partial charge in [-0.2, -0.15) is 13.2 Å². The summed E-state index contributed by atoms with van der Waals surface area (Å²) in [5, 5.41) is 0. The molecule has 1 aliphatic rings. The Morgan fingerprint density at radius 3 is 2.33 bits per heavy atom. The maximum absolute atomic E-state index is 13.9. The lowest BCUT2D eigenvalue weighted by Crippen LogP contribution is -2.63. The van der Waals surface area contributed by atoms with Crippen LogP contribution >= 0.6 is 0 Å². The van der Waals surface area contributed by atoms with Crippen molar-refractivity contribution in [2.24, 2.45) is 0 Å². The molecule has 5 nitrogen and oxygen atoms in total. The zero-order valence-corrected chi connectivity index (χ0v) is 18.5. The fourth-order valence-corrected chi connectivity index (χ4v) is 4.56. The number of carbonyl (C=O) groups excluding carboxylic acids is 1. The second-order valence-corrected chi connectivity index (χ2v) is 8.37. The van der Waals surface area contributed by atoms with Gasteiger partial charge in [0.1, 0.15) is 17.2 Å². The predicted octanol–water partition coefficient (Wildman–Crippen LogP) is 5.05. The van der Waals surface area contributed by atoms with Crippen LogP contribution in [0.25, 0.3) is 0 Å². The van der Waals surface area contributed by atoms with E-state index >= 15 is 0 Å². The molecule has 0 N–H and O–H groups in total. The highest BCUT2D eigenvalue weighted by atomic mass is 19.4. The van der Waals surface area contributed by atoms with Gasteiger partial charge in [-0.15, -0.1) is 0 Å². The Kier molecular flexibility index (Phi) is 5.66. The summed E-state index contributed by atoms with van der Waals surface area (Å²) < 4.78 is 50.5. The van der Waals surface area contributed by atoms with E-state index < -0.39 is 17.3 Å². The summed E-state index contributed by atoms with van der Waals surface area (Å²) in [6.07, 6.45) is -2.50. The number of hydrogen-bond acceptors (Lipinski definition) is 4. The lowest BCUT2D eigenvalue weighted by Gasteiger charge is -2.48. The number of benzene rings is 2. The first kappa shape index (κ1) is 22.8. The van der Waals surface area contributed by atoms with Crippen LogP contribution in [0.4, 0.5) is 13.2 Å². The van der Waals surface area contributed by atoms with Gasteiger partial charge in [-0.25, -0.2) is 9.28 Å². The number of aromatic nitrogens is 1. The minimum Gasteiger partial charge on any atom is -0.497 e. The molecule has 0 bridgehead atoms. The van der Waals surface area contributed by atoms with Gasteiger partial charge >= 0.3 is 12.1 Å². The minimum absolute atomic E-state index is 0.196. The van der Waals surface area contributed by atoms with Crippen LogP contribution in [0.15, 0.2) is 66.9 Å². The van der Waals surface area contributed by atoms with Gasteiger partial charge in [0, 0.05) is 18.2 Å². The zero-order valence-electron chi connectivity index (χ0n) is 18.5. The molecule has 0 fully saturated rings. The highest BCUT2D eigenvalue weighted by Crippen LogP contribution is 2.48. The van der Waals surface area contributed by atoms with E-state index in [2.05, 4.69) is 4.98 Å². The number of carbonyl (C=O) groups is 1. The molecular formula is C25H24F3N2O3+. The number of alkyl halides is 3.